The van der Waals surface area contributed by atoms with Crippen LogP contribution in [0.4, 0.5) is 0 Å². The minimum absolute atomic E-state index is 0.250. The molecule has 0 amide bonds. The van der Waals surface area contributed by atoms with Gasteiger partial charge in [0.2, 0.25) is 0 Å². The molecule has 0 heterocycles. The summed E-state index contributed by atoms with van der Waals surface area (Å²) in [5.74, 6) is 0. The van der Waals surface area contributed by atoms with Crippen LogP contribution in [-0.4, -0.2) is 333 Å². The number of hydrogen-bond acceptors (Lipinski definition) is 25. The summed E-state index contributed by atoms with van der Waals surface area (Å²) in [6, 6.07) is 3.66. The molecule has 0 N–H and O–H groups in total. The molecule has 6 unspecified atom stereocenters. The number of rotatable bonds is 82. The molecular formula is C76H178N8O17Si8. The third-order valence-electron chi connectivity index (χ3n) is 20.6. The standard InChI is InChI=1S/C76H178N8O17Si8/c1-27-77(28-2)61-53-69-102(85-43-17,86-44-18)95-104(89-47-21,71-55-63-79(31-5)32-6)97-106(91-49-23,73-57-65-81(35-9)36-10)99-108(93-51-25,75-59-67-83(39-13)40-14)101-109(94-52-26,76-60-68-84(41-15)42-16)100-107(92-50-24,74-58-66-82(37-11)38-12)98-105(90-48-22,72-56-64-80(33-7)34-8)96-103(87-45-19,88-46-20)70-54-62-78(29-3)30-4/h27-76H2,1-26H3. The Morgan fingerprint density at radius 1 is 0.138 bits per heavy atom. The Morgan fingerprint density at radius 2 is 0.229 bits per heavy atom. The van der Waals surface area contributed by atoms with Gasteiger partial charge in [0, 0.05) is 114 Å². The second kappa shape index (κ2) is 64.6. The maximum atomic E-state index is 8.57. The van der Waals surface area contributed by atoms with Gasteiger partial charge in [0.15, 0.2) is 0 Å². The Balaban J connectivity index is 10.6. The lowest BCUT2D eigenvalue weighted by Crippen LogP contribution is -2.71. The summed E-state index contributed by atoms with van der Waals surface area (Å²) in [7, 11) is -33.0. The molecule has 6 atom stereocenters. The molecule has 0 aliphatic heterocycles. The van der Waals surface area contributed by atoms with E-state index in [9.17, 15) is 0 Å². The first-order valence-electron chi connectivity index (χ1n) is 44.6. The second-order valence-corrected chi connectivity index (χ2v) is 51.1. The summed E-state index contributed by atoms with van der Waals surface area (Å²) >= 11 is 0. The number of hydrogen-bond donors (Lipinski definition) is 0. The van der Waals surface area contributed by atoms with Crippen LogP contribution in [0.5, 0.6) is 0 Å². The van der Waals surface area contributed by atoms with E-state index in [1.807, 2.05) is 55.4 Å². The van der Waals surface area contributed by atoms with Gasteiger partial charge in [-0.05, 0) is 278 Å². The smallest absolute Gasteiger partial charge is 0.375 e. The van der Waals surface area contributed by atoms with Crippen molar-refractivity contribution >= 4 is 70.4 Å². The first-order valence-corrected chi connectivity index (χ1v) is 60.0. The minimum Gasteiger partial charge on any atom is -0.375 e. The highest BCUT2D eigenvalue weighted by Crippen LogP contribution is 2.42. The van der Waals surface area contributed by atoms with Crippen LogP contribution in [0.3, 0.4) is 0 Å². The van der Waals surface area contributed by atoms with E-state index in [0.717, 1.165) is 183 Å². The summed E-state index contributed by atoms with van der Waals surface area (Å²) in [5, 5.41) is 0. The molecule has 25 nitrogen and oxygen atoms in total. The van der Waals surface area contributed by atoms with Gasteiger partial charge < -0.3 is 112 Å². The van der Waals surface area contributed by atoms with Gasteiger partial charge in [-0.15, -0.1) is 0 Å². The van der Waals surface area contributed by atoms with Crippen molar-refractivity contribution < 1.29 is 73.1 Å². The van der Waals surface area contributed by atoms with Gasteiger partial charge in [0.05, 0.1) is 0 Å². The summed E-state index contributed by atoms with van der Waals surface area (Å²) in [6.07, 6.45) is 5.74. The Bertz CT molecular complexity index is 1940. The summed E-state index contributed by atoms with van der Waals surface area (Å²) < 4.78 is 132. The molecule has 33 heteroatoms. The zero-order valence-corrected chi connectivity index (χ0v) is 83.9. The lowest BCUT2D eigenvalue weighted by Gasteiger charge is -2.48. The van der Waals surface area contributed by atoms with Crippen LogP contribution in [0.1, 0.15) is 231 Å². The molecule has 0 rings (SSSR count). The molecule has 0 radical (unpaired) electrons. The molecule has 0 aliphatic rings. The van der Waals surface area contributed by atoms with E-state index in [2.05, 4.69) is 164 Å². The first-order chi connectivity index (χ1) is 52.5. The van der Waals surface area contributed by atoms with Crippen LogP contribution in [0.25, 0.3) is 0 Å². The van der Waals surface area contributed by atoms with Gasteiger partial charge in [-0.25, -0.2) is 0 Å². The van der Waals surface area contributed by atoms with E-state index in [-0.39, 0.29) is 26.4 Å². The quantitative estimate of drug-likeness (QED) is 0.0524. The zero-order valence-electron chi connectivity index (χ0n) is 75.9. The molecule has 656 valence electrons. The molecule has 0 bridgehead atoms. The fourth-order valence-corrected chi connectivity index (χ4v) is 51.2. The van der Waals surface area contributed by atoms with E-state index in [0.29, 0.717) is 114 Å². The summed E-state index contributed by atoms with van der Waals surface area (Å²) in [5.41, 5.74) is 0. The van der Waals surface area contributed by atoms with Crippen molar-refractivity contribution in [3.63, 3.8) is 0 Å². The SMILES string of the molecule is CCO[Si](CCCN(CC)CC)(OCC)O[Si](CCCN(CC)CC)(OCC)O[Si](CCCN(CC)CC)(OCC)O[Si](CCCN(CC)CC)(OCC)O[Si](CCCN(CC)CC)(OCC)O[Si](CCCN(CC)CC)(OCC)O[Si](CCCN(CC)CC)(OCC)O[Si](CCCN(CC)CC)(OCC)OCC. The van der Waals surface area contributed by atoms with Crippen LogP contribution >= 0.6 is 0 Å². The average molecular weight is 1700 g/mol. The maximum Gasteiger partial charge on any atom is 0.493 e. The van der Waals surface area contributed by atoms with Gasteiger partial charge in [0.1, 0.15) is 0 Å². The third-order valence-corrected chi connectivity index (χ3v) is 53.1. The van der Waals surface area contributed by atoms with E-state index < -0.39 is 70.4 Å². The van der Waals surface area contributed by atoms with Crippen molar-refractivity contribution in [3.05, 3.63) is 0 Å². The monoisotopic (exact) mass is 1700 g/mol. The van der Waals surface area contributed by atoms with Crippen LogP contribution in [0.2, 0.25) is 48.4 Å². The van der Waals surface area contributed by atoms with Gasteiger partial charge in [-0.2, -0.15) is 0 Å². The molecule has 0 aromatic carbocycles. The minimum atomic E-state index is -4.40. The van der Waals surface area contributed by atoms with Gasteiger partial charge in [0.25, 0.3) is 0 Å². The first kappa shape index (κ1) is 110. The Labute approximate surface area is 681 Å². The lowest BCUT2D eigenvalue weighted by molar-refractivity contribution is 0.0259. The molecule has 0 aromatic heterocycles. The molecule has 0 fully saturated rings. The molecule has 109 heavy (non-hydrogen) atoms. The Hall–Kier alpha value is 0.735. The number of nitrogens with zero attached hydrogens (tertiary/aromatic N) is 8. The van der Waals surface area contributed by atoms with Crippen molar-refractivity contribution in [1.29, 1.82) is 0 Å². The van der Waals surface area contributed by atoms with Crippen molar-refractivity contribution in [1.82, 2.24) is 39.2 Å². The average Bonchev–Trinajstić information content (AvgIpc) is 0.759. The lowest BCUT2D eigenvalue weighted by atomic mass is 10.4. The van der Waals surface area contributed by atoms with Crippen molar-refractivity contribution in [2.45, 2.75) is 280 Å². The fraction of sp³-hybridized carbons (Fsp3) is 1.00. The predicted octanol–water partition coefficient (Wildman–Crippen LogP) is 14.8. The molecule has 0 saturated carbocycles. The summed E-state index contributed by atoms with van der Waals surface area (Å²) in [4.78, 5) is 19.6. The van der Waals surface area contributed by atoms with Gasteiger partial charge in [-0.1, -0.05) is 111 Å². The molecule has 0 aliphatic carbocycles. The van der Waals surface area contributed by atoms with E-state index in [1.165, 1.54) is 0 Å². The van der Waals surface area contributed by atoms with Crippen molar-refractivity contribution in [3.8, 4) is 0 Å². The van der Waals surface area contributed by atoms with Crippen LogP contribution in [0, 0.1) is 0 Å². The molecular weight excluding hydrogens is 1520 g/mol. The molecule has 0 aromatic rings. The van der Waals surface area contributed by atoms with Gasteiger partial charge >= 0.3 is 70.4 Å². The van der Waals surface area contributed by atoms with Crippen LogP contribution in [0.15, 0.2) is 0 Å². The van der Waals surface area contributed by atoms with Crippen molar-refractivity contribution in [2.75, 3.05) is 223 Å². The van der Waals surface area contributed by atoms with E-state index in [1.54, 1.807) is 0 Å². The summed E-state index contributed by atoms with van der Waals surface area (Å²) in [6.45, 7) is 80.0. The highest BCUT2D eigenvalue weighted by molar-refractivity contribution is 6.88. The van der Waals surface area contributed by atoms with E-state index in [4.69, 9.17) is 73.1 Å². The topological polar surface area (TPSA) is 183 Å². The van der Waals surface area contributed by atoms with Crippen molar-refractivity contribution in [2.24, 2.45) is 0 Å². The normalized spacial score (nSPS) is 16.2. The Morgan fingerprint density at radius 3 is 0.330 bits per heavy atom. The molecule has 0 spiro atoms. The van der Waals surface area contributed by atoms with Gasteiger partial charge in [-0.3, -0.25) is 0 Å². The largest absolute Gasteiger partial charge is 0.493 e. The fourth-order valence-electron chi connectivity index (χ4n) is 14.4. The molecule has 0 saturated heterocycles. The van der Waals surface area contributed by atoms with Crippen LogP contribution in [-0.2, 0) is 73.1 Å². The Kier molecular flexibility index (Phi) is 65.1. The third kappa shape index (κ3) is 42.5. The highest BCUT2D eigenvalue weighted by Gasteiger charge is 2.67. The maximum absolute atomic E-state index is 8.57. The van der Waals surface area contributed by atoms with E-state index >= 15 is 0 Å². The highest BCUT2D eigenvalue weighted by atomic mass is 28.5. The zero-order chi connectivity index (χ0) is 82.0. The van der Waals surface area contributed by atoms with Crippen LogP contribution < -0.4 is 0 Å². The second-order valence-electron chi connectivity index (χ2n) is 27.6. The predicted molar refractivity (Wildman–Crippen MR) is 468 cm³/mol.